The van der Waals surface area contributed by atoms with E-state index in [1.165, 1.54) is 13.0 Å². The van der Waals surface area contributed by atoms with Crippen LogP contribution < -0.4 is 0 Å². The minimum absolute atomic E-state index is 0.162. The summed E-state index contributed by atoms with van der Waals surface area (Å²) in [6.07, 6.45) is 0. The number of halogens is 2. The van der Waals surface area contributed by atoms with E-state index in [0.29, 0.717) is 5.69 Å². The van der Waals surface area contributed by atoms with Gasteiger partial charge in [0.2, 0.25) is 11.9 Å². The van der Waals surface area contributed by atoms with Crippen molar-refractivity contribution >= 4 is 0 Å². The van der Waals surface area contributed by atoms with E-state index < -0.39 is 11.9 Å². The molecule has 0 fully saturated rings. The Morgan fingerprint density at radius 1 is 1.07 bits per heavy atom. The Hall–Kier alpha value is -1.78. The third kappa shape index (κ3) is 1.72. The average Bonchev–Trinajstić information content (AvgIpc) is 2.46. The highest BCUT2D eigenvalue weighted by Gasteiger charge is 2.12. The van der Waals surface area contributed by atoms with Gasteiger partial charge in [0, 0.05) is 5.69 Å². The number of aromatic amines is 1. The van der Waals surface area contributed by atoms with Crippen molar-refractivity contribution in [1.29, 1.82) is 0 Å². The normalized spacial score (nSPS) is 10.7. The van der Waals surface area contributed by atoms with Crippen molar-refractivity contribution in [2.24, 2.45) is 0 Å². The van der Waals surface area contributed by atoms with E-state index in [4.69, 9.17) is 0 Å². The van der Waals surface area contributed by atoms with E-state index in [1.54, 1.807) is 13.0 Å². The molecule has 3 nitrogen and oxygen atoms in total. The van der Waals surface area contributed by atoms with Gasteiger partial charge in [-0.05, 0) is 26.0 Å². The van der Waals surface area contributed by atoms with E-state index in [9.17, 15) is 8.78 Å². The van der Waals surface area contributed by atoms with Crippen LogP contribution in [0.15, 0.2) is 12.1 Å². The number of hydrogen-bond acceptors (Lipinski definition) is 2. The molecule has 0 aliphatic carbocycles. The van der Waals surface area contributed by atoms with Crippen molar-refractivity contribution in [1.82, 2.24) is 15.0 Å². The van der Waals surface area contributed by atoms with Crippen LogP contribution in [0.1, 0.15) is 11.4 Å². The molecule has 5 heteroatoms. The molecule has 1 N–H and O–H groups in total. The van der Waals surface area contributed by atoms with Crippen LogP contribution in [0.3, 0.4) is 0 Å². The predicted molar refractivity (Wildman–Crippen MR) is 51.2 cm³/mol. The van der Waals surface area contributed by atoms with Gasteiger partial charge in [-0.15, -0.1) is 0 Å². The molecule has 2 heterocycles. The second-order valence-electron chi connectivity index (χ2n) is 3.29. The topological polar surface area (TPSA) is 41.6 Å². The summed E-state index contributed by atoms with van der Waals surface area (Å²) in [6.45, 7) is 3.21. The molecular weight excluding hydrogens is 200 g/mol. The first-order chi connectivity index (χ1) is 7.08. The lowest BCUT2D eigenvalue weighted by Gasteiger charge is -1.98. The first-order valence-electron chi connectivity index (χ1n) is 4.43. The summed E-state index contributed by atoms with van der Waals surface area (Å²) in [4.78, 5) is 9.86. The Morgan fingerprint density at radius 3 is 2.33 bits per heavy atom. The molecule has 0 saturated heterocycles. The van der Waals surface area contributed by atoms with Crippen molar-refractivity contribution in [3.8, 4) is 11.4 Å². The highest BCUT2D eigenvalue weighted by Crippen LogP contribution is 2.19. The molecule has 0 aliphatic rings. The quantitative estimate of drug-likeness (QED) is 0.732. The average molecular weight is 209 g/mol. The Labute approximate surface area is 85.2 Å². The Bertz CT molecular complexity index is 486. The molecule has 0 spiro atoms. The standard InChI is InChI=1S/C10H9F2N3/c1-5-3-4-7(9(12)13-5)10-14-6(2)8(11)15-10/h3-4H,1-2H3,(H,14,15). The number of nitrogens with zero attached hydrogens (tertiary/aromatic N) is 2. The zero-order valence-electron chi connectivity index (χ0n) is 8.31. The predicted octanol–water partition coefficient (Wildman–Crippen LogP) is 2.37. The van der Waals surface area contributed by atoms with Crippen molar-refractivity contribution in [2.45, 2.75) is 13.8 Å². The van der Waals surface area contributed by atoms with Gasteiger partial charge in [-0.1, -0.05) is 0 Å². The molecular formula is C10H9F2N3. The van der Waals surface area contributed by atoms with Gasteiger partial charge in [0.05, 0.1) is 11.3 Å². The molecule has 0 bridgehead atoms. The lowest BCUT2D eigenvalue weighted by molar-refractivity contribution is 0.577. The first kappa shape index (κ1) is 9.76. The number of rotatable bonds is 1. The van der Waals surface area contributed by atoms with E-state index >= 15 is 0 Å². The maximum atomic E-state index is 13.4. The first-order valence-corrected chi connectivity index (χ1v) is 4.43. The second kappa shape index (κ2) is 3.42. The molecule has 0 aliphatic heterocycles. The lowest BCUT2D eigenvalue weighted by atomic mass is 10.2. The van der Waals surface area contributed by atoms with Crippen LogP contribution in [-0.4, -0.2) is 15.0 Å². The molecule has 0 amide bonds. The molecule has 2 aromatic heterocycles. The van der Waals surface area contributed by atoms with Crippen LogP contribution in [0, 0.1) is 25.7 Å². The molecule has 0 atom stereocenters. The van der Waals surface area contributed by atoms with Gasteiger partial charge in [0.15, 0.2) is 0 Å². The molecule has 0 unspecified atom stereocenters. The van der Waals surface area contributed by atoms with Gasteiger partial charge in [-0.3, -0.25) is 0 Å². The number of imidazole rings is 1. The molecule has 0 aromatic carbocycles. The Balaban J connectivity index is 2.54. The van der Waals surface area contributed by atoms with Crippen LogP contribution in [0.25, 0.3) is 11.4 Å². The molecule has 2 aromatic rings. The van der Waals surface area contributed by atoms with Crippen LogP contribution in [-0.2, 0) is 0 Å². The van der Waals surface area contributed by atoms with E-state index in [-0.39, 0.29) is 17.1 Å². The minimum Gasteiger partial charge on any atom is -0.339 e. The van der Waals surface area contributed by atoms with Gasteiger partial charge in [0.1, 0.15) is 5.82 Å². The van der Waals surface area contributed by atoms with E-state index in [1.807, 2.05) is 0 Å². The zero-order valence-corrected chi connectivity index (χ0v) is 8.31. The molecule has 78 valence electrons. The van der Waals surface area contributed by atoms with Gasteiger partial charge in [-0.25, -0.2) is 4.98 Å². The number of pyridine rings is 1. The fraction of sp³-hybridized carbons (Fsp3) is 0.200. The van der Waals surface area contributed by atoms with Crippen LogP contribution in [0.4, 0.5) is 8.78 Å². The Morgan fingerprint density at radius 2 is 1.80 bits per heavy atom. The van der Waals surface area contributed by atoms with Crippen molar-refractivity contribution in [3.05, 3.63) is 35.4 Å². The monoisotopic (exact) mass is 209 g/mol. The number of aromatic nitrogens is 3. The molecule has 15 heavy (non-hydrogen) atoms. The number of aryl methyl sites for hydroxylation is 2. The highest BCUT2D eigenvalue weighted by molar-refractivity contribution is 5.54. The smallest absolute Gasteiger partial charge is 0.234 e. The summed E-state index contributed by atoms with van der Waals surface area (Å²) in [7, 11) is 0. The fourth-order valence-electron chi connectivity index (χ4n) is 1.27. The molecule has 0 saturated carbocycles. The summed E-state index contributed by atoms with van der Waals surface area (Å²) >= 11 is 0. The van der Waals surface area contributed by atoms with E-state index in [0.717, 1.165) is 0 Å². The van der Waals surface area contributed by atoms with Crippen LogP contribution in [0.5, 0.6) is 0 Å². The van der Waals surface area contributed by atoms with Crippen molar-refractivity contribution < 1.29 is 8.78 Å². The molecule has 2 rings (SSSR count). The lowest BCUT2D eigenvalue weighted by Crippen LogP contribution is -1.92. The third-order valence-electron chi connectivity index (χ3n) is 2.07. The maximum Gasteiger partial charge on any atom is 0.234 e. The van der Waals surface area contributed by atoms with Crippen molar-refractivity contribution in [3.63, 3.8) is 0 Å². The van der Waals surface area contributed by atoms with Gasteiger partial charge >= 0.3 is 0 Å². The summed E-state index contributed by atoms with van der Waals surface area (Å²) in [5.41, 5.74) is 1.03. The van der Waals surface area contributed by atoms with Gasteiger partial charge < -0.3 is 4.98 Å². The molecule has 0 radical (unpaired) electrons. The minimum atomic E-state index is -0.649. The number of hydrogen-bond donors (Lipinski definition) is 1. The summed E-state index contributed by atoms with van der Waals surface area (Å²) in [5.74, 6) is -1.11. The zero-order chi connectivity index (χ0) is 11.0. The second-order valence-corrected chi connectivity index (χ2v) is 3.29. The largest absolute Gasteiger partial charge is 0.339 e. The maximum absolute atomic E-state index is 13.4. The van der Waals surface area contributed by atoms with Crippen LogP contribution in [0.2, 0.25) is 0 Å². The van der Waals surface area contributed by atoms with Crippen LogP contribution >= 0.6 is 0 Å². The van der Waals surface area contributed by atoms with Crippen molar-refractivity contribution in [2.75, 3.05) is 0 Å². The summed E-state index contributed by atoms with van der Waals surface area (Å²) < 4.78 is 26.3. The number of H-pyrrole nitrogens is 1. The number of nitrogens with one attached hydrogen (secondary N) is 1. The third-order valence-corrected chi connectivity index (χ3v) is 2.07. The Kier molecular flexibility index (Phi) is 2.22. The highest BCUT2D eigenvalue weighted by atomic mass is 19.1. The van der Waals surface area contributed by atoms with Gasteiger partial charge in [0.25, 0.3) is 0 Å². The van der Waals surface area contributed by atoms with E-state index in [2.05, 4.69) is 15.0 Å². The summed E-state index contributed by atoms with van der Waals surface area (Å²) in [6, 6.07) is 3.17. The van der Waals surface area contributed by atoms with Gasteiger partial charge in [-0.2, -0.15) is 13.8 Å². The summed E-state index contributed by atoms with van der Waals surface area (Å²) in [5, 5.41) is 0. The SMILES string of the molecule is Cc1ccc(-c2nc(F)c(C)[nH]2)c(F)n1. The fourth-order valence-corrected chi connectivity index (χ4v) is 1.27.